The van der Waals surface area contributed by atoms with Crippen LogP contribution in [0, 0.1) is 0 Å². The molecular weight excluding hydrogens is 437 g/mol. The highest BCUT2D eigenvalue weighted by molar-refractivity contribution is 7.89. The van der Waals surface area contributed by atoms with Gasteiger partial charge >= 0.3 is 6.03 Å². The van der Waals surface area contributed by atoms with Crippen molar-refractivity contribution < 1.29 is 13.2 Å². The number of imidazole rings is 1. The van der Waals surface area contributed by atoms with Gasteiger partial charge in [-0.3, -0.25) is 0 Å². The van der Waals surface area contributed by atoms with Crippen LogP contribution in [0.25, 0.3) is 11.0 Å². The van der Waals surface area contributed by atoms with Crippen molar-refractivity contribution in [1.82, 2.24) is 18.9 Å². The molecule has 0 saturated carbocycles. The zero-order chi connectivity index (χ0) is 20.6. The van der Waals surface area contributed by atoms with Gasteiger partial charge in [0.25, 0.3) is 0 Å². The first kappa shape index (κ1) is 20.0. The van der Waals surface area contributed by atoms with E-state index in [1.165, 1.54) is 28.8 Å². The summed E-state index contributed by atoms with van der Waals surface area (Å²) < 4.78 is 28.6. The molecule has 0 unspecified atom stereocenters. The number of piperazine rings is 1. The van der Waals surface area contributed by atoms with Gasteiger partial charge in [-0.05, 0) is 30.3 Å². The third kappa shape index (κ3) is 3.91. The number of carbonyl (C=O) groups is 1. The van der Waals surface area contributed by atoms with Gasteiger partial charge in [-0.1, -0.05) is 35.3 Å². The van der Waals surface area contributed by atoms with Gasteiger partial charge in [0.2, 0.25) is 10.0 Å². The van der Waals surface area contributed by atoms with E-state index in [-0.39, 0.29) is 42.1 Å². The van der Waals surface area contributed by atoms with Gasteiger partial charge in [-0.25, -0.2) is 28.3 Å². The molecular formula is C18H17Cl2N5O3S. The minimum absolute atomic E-state index is 0.0329. The van der Waals surface area contributed by atoms with Crippen LogP contribution in [0.3, 0.4) is 0 Å². The van der Waals surface area contributed by atoms with Crippen molar-refractivity contribution in [3.63, 3.8) is 0 Å². The summed E-state index contributed by atoms with van der Waals surface area (Å²) >= 11 is 12.0. The fourth-order valence-electron chi connectivity index (χ4n) is 3.17. The molecule has 152 valence electrons. The van der Waals surface area contributed by atoms with Crippen LogP contribution >= 0.6 is 23.2 Å². The lowest BCUT2D eigenvalue weighted by Crippen LogP contribution is -2.52. The van der Waals surface area contributed by atoms with E-state index in [2.05, 4.69) is 10.4 Å². The number of aromatic nitrogens is 2. The minimum Gasteiger partial charge on any atom is -0.321 e. The van der Waals surface area contributed by atoms with Gasteiger partial charge in [0.1, 0.15) is 11.2 Å². The van der Waals surface area contributed by atoms with Crippen molar-refractivity contribution in [2.75, 3.05) is 31.6 Å². The van der Waals surface area contributed by atoms with Crippen molar-refractivity contribution in [1.29, 1.82) is 0 Å². The molecule has 0 atom stereocenters. The smallest absolute Gasteiger partial charge is 0.321 e. The molecule has 2 heterocycles. The van der Waals surface area contributed by atoms with Crippen LogP contribution < -0.4 is 5.43 Å². The number of urea groups is 1. The second kappa shape index (κ2) is 7.83. The Morgan fingerprint density at radius 1 is 1.03 bits per heavy atom. The molecule has 2 amide bonds. The molecule has 1 aliphatic heterocycles. The summed E-state index contributed by atoms with van der Waals surface area (Å²) in [6, 6.07) is 11.4. The summed E-state index contributed by atoms with van der Waals surface area (Å²) in [7, 11) is -3.80. The maximum absolute atomic E-state index is 12.9. The Morgan fingerprint density at radius 2 is 1.76 bits per heavy atom. The van der Waals surface area contributed by atoms with E-state index in [1.807, 2.05) is 24.3 Å². The number of sulfonamides is 1. The lowest BCUT2D eigenvalue weighted by Gasteiger charge is -2.34. The van der Waals surface area contributed by atoms with E-state index in [4.69, 9.17) is 23.2 Å². The van der Waals surface area contributed by atoms with E-state index < -0.39 is 10.0 Å². The highest BCUT2D eigenvalue weighted by Crippen LogP contribution is 2.28. The average molecular weight is 454 g/mol. The Balaban J connectivity index is 1.43. The molecule has 1 aromatic heterocycles. The Kier molecular flexibility index (Phi) is 5.39. The highest BCUT2D eigenvalue weighted by Gasteiger charge is 2.31. The zero-order valence-electron chi connectivity index (χ0n) is 15.1. The number of fused-ring (bicyclic) bond motifs is 1. The summed E-state index contributed by atoms with van der Waals surface area (Å²) in [6.07, 6.45) is 1.53. The average Bonchev–Trinajstić information content (AvgIpc) is 3.12. The molecule has 3 aromatic rings. The maximum atomic E-state index is 12.9. The van der Waals surface area contributed by atoms with E-state index in [9.17, 15) is 13.2 Å². The van der Waals surface area contributed by atoms with Crippen LogP contribution in [0.5, 0.6) is 0 Å². The predicted molar refractivity (Wildman–Crippen MR) is 111 cm³/mol. The highest BCUT2D eigenvalue weighted by atomic mass is 35.5. The summed E-state index contributed by atoms with van der Waals surface area (Å²) in [5, 5.41) is 0.403. The molecule has 0 radical (unpaired) electrons. The maximum Gasteiger partial charge on any atom is 0.336 e. The van der Waals surface area contributed by atoms with Gasteiger partial charge in [-0.15, -0.1) is 0 Å². The summed E-state index contributed by atoms with van der Waals surface area (Å²) in [5.41, 5.74) is 4.31. The van der Waals surface area contributed by atoms with Gasteiger partial charge in [-0.2, -0.15) is 4.31 Å². The molecule has 0 aliphatic carbocycles. The van der Waals surface area contributed by atoms with Crippen molar-refractivity contribution in [2.45, 2.75) is 4.90 Å². The second-order valence-corrected chi connectivity index (χ2v) is 9.24. The van der Waals surface area contributed by atoms with Crippen LogP contribution in [0.15, 0.2) is 53.7 Å². The summed E-state index contributed by atoms with van der Waals surface area (Å²) in [4.78, 5) is 18.3. The molecule has 2 aromatic carbocycles. The third-order valence-corrected chi connectivity index (χ3v) is 7.32. The topological polar surface area (TPSA) is 87.5 Å². The van der Waals surface area contributed by atoms with E-state index in [0.29, 0.717) is 5.02 Å². The van der Waals surface area contributed by atoms with Crippen LogP contribution in [0.4, 0.5) is 4.79 Å². The standard InChI is InChI=1S/C18H17Cl2N5O3S/c19-13-5-6-14(20)17(11-13)29(27,28)24-9-7-23(8-10-24)18(26)22-25-12-21-15-3-1-2-4-16(15)25/h1-6,11-12H,7-10H2,(H,22,26). The summed E-state index contributed by atoms with van der Waals surface area (Å²) in [5.74, 6) is 0. The molecule has 1 fully saturated rings. The lowest BCUT2D eigenvalue weighted by molar-refractivity contribution is 0.182. The van der Waals surface area contributed by atoms with Crippen LogP contribution in [-0.4, -0.2) is 59.5 Å². The molecule has 1 saturated heterocycles. The Morgan fingerprint density at radius 3 is 2.52 bits per heavy atom. The molecule has 29 heavy (non-hydrogen) atoms. The quantitative estimate of drug-likeness (QED) is 0.659. The molecule has 8 nitrogen and oxygen atoms in total. The van der Waals surface area contributed by atoms with Crippen LogP contribution in [0.2, 0.25) is 10.0 Å². The Bertz CT molecular complexity index is 1170. The fourth-order valence-corrected chi connectivity index (χ4v) is 5.33. The van der Waals surface area contributed by atoms with E-state index >= 15 is 0 Å². The predicted octanol–water partition coefficient (Wildman–Crippen LogP) is 3.01. The van der Waals surface area contributed by atoms with Gasteiger partial charge in [0.05, 0.1) is 16.1 Å². The largest absolute Gasteiger partial charge is 0.336 e. The van der Waals surface area contributed by atoms with Gasteiger partial charge in [0.15, 0.2) is 0 Å². The third-order valence-electron chi connectivity index (χ3n) is 4.71. The fraction of sp³-hybridized carbons (Fsp3) is 0.222. The van der Waals surface area contributed by atoms with E-state index in [1.54, 1.807) is 9.58 Å². The van der Waals surface area contributed by atoms with E-state index in [0.717, 1.165) is 11.0 Å². The lowest BCUT2D eigenvalue weighted by atomic mass is 10.3. The minimum atomic E-state index is -3.80. The number of nitrogens with zero attached hydrogens (tertiary/aromatic N) is 4. The normalized spacial score (nSPS) is 15.6. The first-order valence-electron chi connectivity index (χ1n) is 8.79. The molecule has 1 N–H and O–H groups in total. The number of nitrogens with one attached hydrogen (secondary N) is 1. The number of halogens is 2. The van der Waals surface area contributed by atoms with Crippen LogP contribution in [-0.2, 0) is 10.0 Å². The number of carbonyl (C=O) groups excluding carboxylic acids is 1. The first-order chi connectivity index (χ1) is 13.9. The SMILES string of the molecule is O=C(Nn1cnc2ccccc21)N1CCN(S(=O)(=O)c2cc(Cl)ccc2Cl)CC1. The monoisotopic (exact) mass is 453 g/mol. The number of hydrogen-bond acceptors (Lipinski definition) is 4. The second-order valence-electron chi connectivity index (χ2n) is 6.49. The molecule has 4 rings (SSSR count). The van der Waals surface area contributed by atoms with Crippen molar-refractivity contribution in [2.24, 2.45) is 0 Å². The van der Waals surface area contributed by atoms with Crippen LogP contribution in [0.1, 0.15) is 0 Å². The zero-order valence-corrected chi connectivity index (χ0v) is 17.5. The Labute approximate surface area is 177 Å². The van der Waals surface area contributed by atoms with Crippen molar-refractivity contribution in [3.05, 3.63) is 58.8 Å². The number of benzene rings is 2. The number of para-hydroxylation sites is 2. The van der Waals surface area contributed by atoms with Gasteiger partial charge in [0, 0.05) is 31.2 Å². The first-order valence-corrected chi connectivity index (χ1v) is 11.0. The number of rotatable bonds is 3. The molecule has 0 spiro atoms. The molecule has 0 bridgehead atoms. The van der Waals surface area contributed by atoms with Crippen molar-refractivity contribution in [3.8, 4) is 0 Å². The summed E-state index contributed by atoms with van der Waals surface area (Å²) in [6.45, 7) is 0.804. The van der Waals surface area contributed by atoms with Gasteiger partial charge < -0.3 is 4.90 Å². The van der Waals surface area contributed by atoms with Crippen molar-refractivity contribution >= 4 is 50.3 Å². The Hall–Kier alpha value is -2.33. The number of amides is 2. The molecule has 11 heteroatoms. The number of hydrogen-bond donors (Lipinski definition) is 1. The molecule has 1 aliphatic rings.